The molecule has 0 unspecified atom stereocenters. The molecule has 3 aromatic rings. The van der Waals surface area contributed by atoms with E-state index in [4.69, 9.17) is 0 Å². The maximum absolute atomic E-state index is 13.2. The van der Waals surface area contributed by atoms with Crippen LogP contribution in [0, 0.1) is 6.92 Å². The van der Waals surface area contributed by atoms with Crippen molar-refractivity contribution in [1.29, 1.82) is 0 Å². The molecule has 3 rings (SSSR count). The number of ether oxygens (including phenoxy) is 1. The molecule has 0 saturated carbocycles. The molecule has 0 aliphatic heterocycles. The Balaban J connectivity index is 2.20. The molecular formula is C23H20F6N4O3S. The molecule has 0 radical (unpaired) electrons. The molecule has 0 fully saturated rings. The van der Waals surface area contributed by atoms with Crippen molar-refractivity contribution in [3.63, 3.8) is 0 Å². The van der Waals surface area contributed by atoms with Crippen LogP contribution < -0.4 is 4.74 Å². The minimum Gasteiger partial charge on any atom is -0.406 e. The molecule has 0 N–H and O–H groups in total. The van der Waals surface area contributed by atoms with Crippen molar-refractivity contribution in [2.24, 2.45) is 12.0 Å². The van der Waals surface area contributed by atoms with E-state index in [0.717, 1.165) is 12.1 Å². The summed E-state index contributed by atoms with van der Waals surface area (Å²) in [4.78, 5) is 11.1. The van der Waals surface area contributed by atoms with Gasteiger partial charge in [0.05, 0.1) is 16.3 Å². The molecule has 0 saturated heterocycles. The van der Waals surface area contributed by atoms with E-state index in [1.165, 1.54) is 49.9 Å². The molecule has 7 nitrogen and oxygen atoms in total. The minimum absolute atomic E-state index is 0.0398. The van der Waals surface area contributed by atoms with Crippen molar-refractivity contribution in [2.45, 2.75) is 31.3 Å². The lowest BCUT2D eigenvalue weighted by atomic mass is 10.1. The SMILES string of the molecule is C=N/C(=C\c1nc(-c2ncc(-c3cccc(OC(F)(F)F)c3)cc2S(=O)(=O)CC)n(C)c1C)C(F)(F)F. The quantitative estimate of drug-likeness (QED) is 0.278. The van der Waals surface area contributed by atoms with Crippen molar-refractivity contribution in [3.8, 4) is 28.4 Å². The third-order valence-electron chi connectivity index (χ3n) is 5.33. The molecular weight excluding hydrogens is 526 g/mol. The number of alkyl halides is 6. The number of allylic oxidation sites excluding steroid dienone is 1. The number of nitrogens with zero attached hydrogens (tertiary/aromatic N) is 4. The van der Waals surface area contributed by atoms with E-state index in [1.54, 1.807) is 0 Å². The molecule has 198 valence electrons. The number of pyridine rings is 1. The summed E-state index contributed by atoms with van der Waals surface area (Å²) in [5.41, 5.74) is -0.919. The Morgan fingerprint density at radius 3 is 2.41 bits per heavy atom. The van der Waals surface area contributed by atoms with E-state index in [9.17, 15) is 34.8 Å². The van der Waals surface area contributed by atoms with Gasteiger partial charge in [-0.1, -0.05) is 19.1 Å². The number of aliphatic imine (C=N–C) groups is 1. The summed E-state index contributed by atoms with van der Waals surface area (Å²) >= 11 is 0. The zero-order valence-electron chi connectivity index (χ0n) is 19.6. The van der Waals surface area contributed by atoms with E-state index < -0.39 is 33.8 Å². The van der Waals surface area contributed by atoms with E-state index in [2.05, 4.69) is 26.4 Å². The van der Waals surface area contributed by atoms with Gasteiger partial charge in [-0.15, -0.1) is 13.2 Å². The standard InChI is InChI=1S/C23H20F6N4O3S/c1-5-37(34,35)18-10-15(14-7-6-8-16(9-14)36-23(27,28)29)12-31-20(18)21-32-17(13(2)33(21)4)11-19(30-3)22(24,25)26/h6-12H,3,5H2,1-2,4H3/b19-11-. The first-order chi connectivity index (χ1) is 17.1. The Morgan fingerprint density at radius 2 is 1.84 bits per heavy atom. The summed E-state index contributed by atoms with van der Waals surface area (Å²) in [7, 11) is -2.50. The first kappa shape index (κ1) is 27.9. The highest BCUT2D eigenvalue weighted by molar-refractivity contribution is 7.91. The average Bonchev–Trinajstić information content (AvgIpc) is 3.08. The van der Waals surface area contributed by atoms with Crippen LogP contribution in [-0.2, 0) is 16.9 Å². The number of hydrogen-bond acceptors (Lipinski definition) is 6. The normalized spacial score (nSPS) is 13.1. The summed E-state index contributed by atoms with van der Waals surface area (Å²) in [6.07, 6.45) is -7.80. The smallest absolute Gasteiger partial charge is 0.406 e. The first-order valence-electron chi connectivity index (χ1n) is 10.5. The summed E-state index contributed by atoms with van der Waals surface area (Å²) < 4.78 is 109. The van der Waals surface area contributed by atoms with Gasteiger partial charge in [0.1, 0.15) is 17.1 Å². The molecule has 0 aliphatic rings. The number of rotatable bonds is 7. The molecule has 37 heavy (non-hydrogen) atoms. The van der Waals surface area contributed by atoms with Crippen LogP contribution in [0.4, 0.5) is 26.3 Å². The number of imidazole rings is 1. The highest BCUT2D eigenvalue weighted by atomic mass is 32.2. The zero-order valence-corrected chi connectivity index (χ0v) is 20.5. The third-order valence-corrected chi connectivity index (χ3v) is 7.07. The highest BCUT2D eigenvalue weighted by Gasteiger charge is 2.34. The predicted octanol–water partition coefficient (Wildman–Crippen LogP) is 5.75. The zero-order chi connectivity index (χ0) is 27.8. The van der Waals surface area contributed by atoms with Gasteiger partial charge in [0.2, 0.25) is 0 Å². The minimum atomic E-state index is -4.92. The highest BCUT2D eigenvalue weighted by Crippen LogP contribution is 2.34. The van der Waals surface area contributed by atoms with E-state index in [-0.39, 0.29) is 44.7 Å². The average molecular weight is 546 g/mol. The fraction of sp³-hybridized carbons (Fsp3) is 0.261. The van der Waals surface area contributed by atoms with Gasteiger partial charge < -0.3 is 9.30 Å². The molecule has 2 heterocycles. The van der Waals surface area contributed by atoms with Crippen LogP contribution in [0.5, 0.6) is 5.75 Å². The monoisotopic (exact) mass is 546 g/mol. The number of sulfone groups is 1. The lowest BCUT2D eigenvalue weighted by molar-refractivity contribution is -0.274. The van der Waals surface area contributed by atoms with E-state index in [1.807, 2.05) is 0 Å². The third kappa shape index (κ3) is 6.18. The Bertz CT molecular complexity index is 1470. The van der Waals surface area contributed by atoms with Crippen molar-refractivity contribution in [1.82, 2.24) is 14.5 Å². The second kappa shape index (κ2) is 10.00. The van der Waals surface area contributed by atoms with Crippen LogP contribution >= 0.6 is 0 Å². The van der Waals surface area contributed by atoms with Crippen LogP contribution in [0.15, 0.2) is 52.1 Å². The molecule has 0 atom stereocenters. The Hall–Kier alpha value is -3.68. The Labute approximate surface area is 208 Å². The van der Waals surface area contributed by atoms with Crippen LogP contribution in [0.1, 0.15) is 18.3 Å². The van der Waals surface area contributed by atoms with Crippen LogP contribution in [0.25, 0.3) is 28.7 Å². The Morgan fingerprint density at radius 1 is 1.16 bits per heavy atom. The van der Waals surface area contributed by atoms with Crippen LogP contribution in [-0.4, -0.2) is 48.0 Å². The van der Waals surface area contributed by atoms with Gasteiger partial charge in [0, 0.05) is 24.5 Å². The molecule has 0 amide bonds. The number of halogens is 6. The van der Waals surface area contributed by atoms with Crippen molar-refractivity contribution in [3.05, 3.63) is 53.6 Å². The molecule has 0 bridgehead atoms. The van der Waals surface area contributed by atoms with Gasteiger partial charge in [-0.05, 0) is 43.5 Å². The fourth-order valence-electron chi connectivity index (χ4n) is 3.33. The topological polar surface area (TPSA) is 86.4 Å². The Kier molecular flexibility index (Phi) is 7.54. The predicted molar refractivity (Wildman–Crippen MR) is 125 cm³/mol. The van der Waals surface area contributed by atoms with Crippen LogP contribution in [0.3, 0.4) is 0 Å². The lowest BCUT2D eigenvalue weighted by Crippen LogP contribution is -2.17. The van der Waals surface area contributed by atoms with E-state index >= 15 is 0 Å². The number of benzene rings is 1. The van der Waals surface area contributed by atoms with Gasteiger partial charge >= 0.3 is 12.5 Å². The van der Waals surface area contributed by atoms with Gasteiger partial charge in [-0.3, -0.25) is 9.98 Å². The maximum atomic E-state index is 13.2. The molecule has 14 heteroatoms. The summed E-state index contributed by atoms with van der Waals surface area (Å²) in [5.74, 6) is -0.902. The molecule has 0 spiro atoms. The first-order valence-corrected chi connectivity index (χ1v) is 12.1. The molecule has 2 aromatic heterocycles. The lowest BCUT2D eigenvalue weighted by Gasteiger charge is -2.13. The van der Waals surface area contributed by atoms with Gasteiger partial charge in [-0.25, -0.2) is 13.4 Å². The second-order valence-corrected chi connectivity index (χ2v) is 9.95. The molecule has 0 aliphatic carbocycles. The fourth-order valence-corrected chi connectivity index (χ4v) is 4.39. The van der Waals surface area contributed by atoms with Crippen molar-refractivity contribution >= 4 is 22.6 Å². The maximum Gasteiger partial charge on any atom is 0.573 e. The van der Waals surface area contributed by atoms with E-state index in [0.29, 0.717) is 6.08 Å². The van der Waals surface area contributed by atoms with Gasteiger partial charge in [-0.2, -0.15) is 13.2 Å². The summed E-state index contributed by atoms with van der Waals surface area (Å²) in [6.45, 7) is 5.79. The second-order valence-electron chi connectivity index (χ2n) is 7.70. The van der Waals surface area contributed by atoms with Crippen molar-refractivity contribution < 1.29 is 39.5 Å². The van der Waals surface area contributed by atoms with Crippen LogP contribution in [0.2, 0.25) is 0 Å². The molecule has 1 aromatic carbocycles. The number of hydrogen-bond donors (Lipinski definition) is 0. The largest absolute Gasteiger partial charge is 0.573 e. The van der Waals surface area contributed by atoms with Gasteiger partial charge in [0.25, 0.3) is 0 Å². The number of aromatic nitrogens is 3. The van der Waals surface area contributed by atoms with Crippen molar-refractivity contribution in [2.75, 3.05) is 5.75 Å². The summed E-state index contributed by atoms with van der Waals surface area (Å²) in [5, 5.41) is 0. The van der Waals surface area contributed by atoms with Gasteiger partial charge in [0.15, 0.2) is 15.7 Å². The summed E-state index contributed by atoms with van der Waals surface area (Å²) in [6, 6.07) is 6.12.